The van der Waals surface area contributed by atoms with E-state index in [1.165, 1.54) is 14.2 Å². The summed E-state index contributed by atoms with van der Waals surface area (Å²) in [6.45, 7) is 0. The Balaban J connectivity index is 1.90. The van der Waals surface area contributed by atoms with Crippen LogP contribution in [0.3, 0.4) is 0 Å². The van der Waals surface area contributed by atoms with Crippen LogP contribution in [0.25, 0.3) is 0 Å². The molecule has 1 aliphatic carbocycles. The van der Waals surface area contributed by atoms with E-state index in [0.717, 1.165) is 4.90 Å². The van der Waals surface area contributed by atoms with Crippen LogP contribution < -0.4 is 0 Å². The number of carbonyl (C=O) groups is 2. The van der Waals surface area contributed by atoms with Gasteiger partial charge in [0.15, 0.2) is 15.3 Å². The largest absolute Gasteiger partial charge is 0.468 e. The quantitative estimate of drug-likeness (QED) is 0.336. The predicted molar refractivity (Wildman–Crippen MR) is 118 cm³/mol. The summed E-state index contributed by atoms with van der Waals surface area (Å²) in [7, 11) is -1.13. The second-order valence-corrected chi connectivity index (χ2v) is 10.8. The van der Waals surface area contributed by atoms with Crippen molar-refractivity contribution in [3.63, 3.8) is 0 Å². The van der Waals surface area contributed by atoms with Gasteiger partial charge in [-0.05, 0) is 48.9 Å². The zero-order valence-corrected chi connectivity index (χ0v) is 19.2. The predicted octanol–water partition coefficient (Wildman–Crippen LogP) is 3.61. The number of rotatable bonds is 8. The molecule has 2 aromatic carbocycles. The zero-order chi connectivity index (χ0) is 22.5. The number of benzene rings is 2. The minimum absolute atomic E-state index is 0.0818. The van der Waals surface area contributed by atoms with Crippen LogP contribution in [0.5, 0.6) is 0 Å². The van der Waals surface area contributed by atoms with Crippen LogP contribution in [0, 0.1) is 17.3 Å². The summed E-state index contributed by atoms with van der Waals surface area (Å²) < 4.78 is 36.0. The third-order valence-corrected chi connectivity index (χ3v) is 8.84. The van der Waals surface area contributed by atoms with E-state index in [4.69, 9.17) is 9.47 Å². The van der Waals surface area contributed by atoms with Crippen molar-refractivity contribution in [1.82, 2.24) is 0 Å². The van der Waals surface area contributed by atoms with Gasteiger partial charge in [0.25, 0.3) is 0 Å². The van der Waals surface area contributed by atoms with E-state index in [9.17, 15) is 18.0 Å². The fraction of sp³-hybridized carbons (Fsp3) is 0.391. The lowest BCUT2D eigenvalue weighted by atomic mass is 9.85. The topological polar surface area (TPSA) is 86.7 Å². The fourth-order valence-electron chi connectivity index (χ4n) is 4.24. The van der Waals surface area contributed by atoms with Crippen molar-refractivity contribution in [3.05, 3.63) is 60.7 Å². The van der Waals surface area contributed by atoms with Gasteiger partial charge in [-0.25, -0.2) is 8.42 Å². The Morgan fingerprint density at radius 1 is 0.903 bits per heavy atom. The highest BCUT2D eigenvalue weighted by Crippen LogP contribution is 2.49. The van der Waals surface area contributed by atoms with Gasteiger partial charge in [-0.2, -0.15) is 0 Å². The van der Waals surface area contributed by atoms with Crippen LogP contribution in [0.15, 0.2) is 70.5 Å². The Kier molecular flexibility index (Phi) is 7.43. The molecule has 0 bridgehead atoms. The average molecular weight is 463 g/mol. The number of sulfone groups is 1. The Morgan fingerprint density at radius 2 is 1.42 bits per heavy atom. The second kappa shape index (κ2) is 9.87. The van der Waals surface area contributed by atoms with Gasteiger partial charge in [-0.15, -0.1) is 11.8 Å². The lowest BCUT2D eigenvalue weighted by molar-refractivity contribution is -0.169. The lowest BCUT2D eigenvalue weighted by Gasteiger charge is -2.23. The number of carbonyl (C=O) groups excluding carboxylic acids is 2. The Labute approximate surface area is 187 Å². The molecule has 166 valence electrons. The summed E-state index contributed by atoms with van der Waals surface area (Å²) in [6.07, 6.45) is 0.277. The minimum Gasteiger partial charge on any atom is -0.468 e. The third-order valence-electron chi connectivity index (χ3n) is 5.78. The highest BCUT2D eigenvalue weighted by Gasteiger charge is 2.57. The van der Waals surface area contributed by atoms with Gasteiger partial charge in [0.2, 0.25) is 0 Å². The molecule has 1 fully saturated rings. The summed E-state index contributed by atoms with van der Waals surface area (Å²) in [5, 5.41) is 0. The summed E-state index contributed by atoms with van der Waals surface area (Å²) in [5.41, 5.74) is -1.48. The van der Waals surface area contributed by atoms with Gasteiger partial charge >= 0.3 is 11.9 Å². The molecular weight excluding hydrogens is 436 g/mol. The molecule has 1 saturated carbocycles. The van der Waals surface area contributed by atoms with Gasteiger partial charge in [0, 0.05) is 10.6 Å². The molecule has 3 rings (SSSR count). The summed E-state index contributed by atoms with van der Waals surface area (Å²) in [6, 6.07) is 18.0. The zero-order valence-electron chi connectivity index (χ0n) is 17.5. The molecule has 0 unspecified atom stereocenters. The second-order valence-electron chi connectivity index (χ2n) is 7.71. The first-order valence-corrected chi connectivity index (χ1v) is 12.6. The Morgan fingerprint density at radius 3 is 1.97 bits per heavy atom. The number of hydrogen-bond acceptors (Lipinski definition) is 7. The monoisotopic (exact) mass is 462 g/mol. The van der Waals surface area contributed by atoms with Crippen molar-refractivity contribution in [1.29, 1.82) is 0 Å². The molecular formula is C23H26O6S2. The average Bonchev–Trinajstić information content (AvgIpc) is 3.16. The molecule has 2 aromatic rings. The smallest absolute Gasteiger partial charge is 0.323 e. The van der Waals surface area contributed by atoms with Gasteiger partial charge < -0.3 is 9.47 Å². The van der Waals surface area contributed by atoms with Crippen LogP contribution in [0.1, 0.15) is 12.8 Å². The number of esters is 2. The molecule has 31 heavy (non-hydrogen) atoms. The van der Waals surface area contributed by atoms with Crippen molar-refractivity contribution in [2.24, 2.45) is 17.3 Å². The molecule has 0 radical (unpaired) electrons. The van der Waals surface area contributed by atoms with E-state index in [0.29, 0.717) is 5.75 Å². The maximum absolute atomic E-state index is 13.1. The molecule has 8 heteroatoms. The normalized spacial score (nSPS) is 20.2. The molecule has 2 atom stereocenters. The molecule has 0 saturated heterocycles. The van der Waals surface area contributed by atoms with Crippen LogP contribution in [0.4, 0.5) is 0 Å². The Hall–Kier alpha value is -2.32. The lowest BCUT2D eigenvalue weighted by Crippen LogP contribution is -2.39. The van der Waals surface area contributed by atoms with E-state index in [-0.39, 0.29) is 35.3 Å². The van der Waals surface area contributed by atoms with Crippen LogP contribution in [0.2, 0.25) is 0 Å². The molecule has 0 amide bonds. The molecule has 0 aliphatic heterocycles. The standard InChI is InChI=1S/C23H26O6S2/c1-28-21(24)23(22(25)29-2)13-17(15-30-19-9-5-3-6-10-19)18(14-23)16-31(26,27)20-11-7-4-8-12-20/h3-12,17-18H,13-16H2,1-2H3/t17-,18+/m1/s1. The van der Waals surface area contributed by atoms with Crippen molar-refractivity contribution in [2.45, 2.75) is 22.6 Å². The SMILES string of the molecule is COC(=O)C1(C(=O)OC)C[C@H](CSc2ccccc2)[C@H](CS(=O)(=O)c2ccccc2)C1. The van der Waals surface area contributed by atoms with E-state index in [1.54, 1.807) is 42.1 Å². The molecule has 1 aliphatic rings. The number of methoxy groups -OCH3 is 2. The third kappa shape index (κ3) is 5.13. The maximum Gasteiger partial charge on any atom is 0.323 e. The first kappa shape index (κ1) is 23.3. The molecule has 0 aromatic heterocycles. The van der Waals surface area contributed by atoms with E-state index in [2.05, 4.69) is 0 Å². The number of thioether (sulfide) groups is 1. The molecule has 0 N–H and O–H groups in total. The van der Waals surface area contributed by atoms with Gasteiger partial charge in [-0.1, -0.05) is 36.4 Å². The Bertz CT molecular complexity index is 989. The van der Waals surface area contributed by atoms with Crippen molar-refractivity contribution >= 4 is 33.5 Å². The first-order valence-electron chi connectivity index (χ1n) is 9.95. The summed E-state index contributed by atoms with van der Waals surface area (Å²) in [4.78, 5) is 26.6. The van der Waals surface area contributed by atoms with Crippen molar-refractivity contribution in [3.8, 4) is 0 Å². The summed E-state index contributed by atoms with van der Waals surface area (Å²) in [5.74, 6) is -1.48. The molecule has 0 heterocycles. The van der Waals surface area contributed by atoms with E-state index in [1.807, 2.05) is 30.3 Å². The fourth-order valence-corrected chi connectivity index (χ4v) is 7.10. The van der Waals surface area contributed by atoms with Crippen LogP contribution >= 0.6 is 11.8 Å². The van der Waals surface area contributed by atoms with Gasteiger partial charge in [-0.3, -0.25) is 9.59 Å². The first-order chi connectivity index (χ1) is 14.8. The van der Waals surface area contributed by atoms with E-state index >= 15 is 0 Å². The van der Waals surface area contributed by atoms with Gasteiger partial charge in [0.1, 0.15) is 0 Å². The summed E-state index contributed by atoms with van der Waals surface area (Å²) >= 11 is 1.58. The van der Waals surface area contributed by atoms with Crippen LogP contribution in [-0.4, -0.2) is 46.1 Å². The van der Waals surface area contributed by atoms with Crippen molar-refractivity contribution in [2.75, 3.05) is 25.7 Å². The highest BCUT2D eigenvalue weighted by atomic mass is 32.2. The van der Waals surface area contributed by atoms with E-state index < -0.39 is 27.2 Å². The van der Waals surface area contributed by atoms with Crippen LogP contribution in [-0.2, 0) is 28.9 Å². The molecule has 0 spiro atoms. The van der Waals surface area contributed by atoms with Crippen molar-refractivity contribution < 1.29 is 27.5 Å². The minimum atomic E-state index is -3.59. The number of hydrogen-bond donors (Lipinski definition) is 0. The van der Waals surface area contributed by atoms with Gasteiger partial charge in [0.05, 0.1) is 24.9 Å². The number of ether oxygens (including phenoxy) is 2. The molecule has 6 nitrogen and oxygen atoms in total. The highest BCUT2D eigenvalue weighted by molar-refractivity contribution is 7.99. The maximum atomic E-state index is 13.1.